The average molecular weight is 502 g/mol. The van der Waals surface area contributed by atoms with Crippen LogP contribution in [0.15, 0.2) is 77.9 Å². The van der Waals surface area contributed by atoms with Crippen molar-refractivity contribution < 1.29 is 14.6 Å². The highest BCUT2D eigenvalue weighted by atomic mass is 16.5. The number of rotatable bonds is 12. The number of nitrogens with zero attached hydrogens (tertiary/aromatic N) is 1. The monoisotopic (exact) mass is 501 g/mol. The number of aromatic hydroxyl groups is 1. The molecule has 1 N–H and O–H groups in total. The summed E-state index contributed by atoms with van der Waals surface area (Å²) in [7, 11) is 0. The number of phenolic OH excluding ortho intramolecular Hbond substituents is 1. The van der Waals surface area contributed by atoms with E-state index in [1.54, 1.807) is 19.1 Å². The Morgan fingerprint density at radius 3 is 2.24 bits per heavy atom. The molecule has 2 aromatic rings. The van der Waals surface area contributed by atoms with E-state index in [0.29, 0.717) is 6.42 Å². The smallest absolute Gasteiger partial charge is 0.133 e. The summed E-state index contributed by atoms with van der Waals surface area (Å²) >= 11 is 0. The van der Waals surface area contributed by atoms with Crippen molar-refractivity contribution in [3.05, 3.63) is 89.0 Å². The van der Waals surface area contributed by atoms with Crippen molar-refractivity contribution in [3.63, 3.8) is 0 Å². The number of phenols is 1. The first-order chi connectivity index (χ1) is 17.8. The molecule has 0 atom stereocenters. The fraction of sp³-hybridized carbons (Fsp3) is 0.424. The number of carbonyl (C=O) groups is 1. The van der Waals surface area contributed by atoms with Gasteiger partial charge in [0.05, 0.1) is 0 Å². The van der Waals surface area contributed by atoms with E-state index in [1.807, 2.05) is 25.1 Å². The van der Waals surface area contributed by atoms with Gasteiger partial charge < -0.3 is 9.84 Å². The van der Waals surface area contributed by atoms with E-state index >= 15 is 0 Å². The summed E-state index contributed by atoms with van der Waals surface area (Å²) in [6.07, 6.45) is 9.40. The van der Waals surface area contributed by atoms with Gasteiger partial charge in [-0.25, -0.2) is 0 Å². The van der Waals surface area contributed by atoms with Gasteiger partial charge in [0.2, 0.25) is 0 Å². The maximum atomic E-state index is 11.4. The van der Waals surface area contributed by atoms with Crippen LogP contribution in [-0.2, 0) is 11.2 Å². The molecule has 1 saturated heterocycles. The molecule has 0 radical (unpaired) electrons. The average Bonchev–Trinajstić information content (AvgIpc) is 3.17. The summed E-state index contributed by atoms with van der Waals surface area (Å²) in [5.74, 6) is 1.31. The third-order valence-corrected chi connectivity index (χ3v) is 7.25. The van der Waals surface area contributed by atoms with Crippen molar-refractivity contribution in [2.45, 2.75) is 65.7 Å². The van der Waals surface area contributed by atoms with Gasteiger partial charge in [-0.1, -0.05) is 49.8 Å². The number of carbonyl (C=O) groups excluding carboxylic acids is 1. The van der Waals surface area contributed by atoms with Crippen LogP contribution in [0.3, 0.4) is 0 Å². The molecule has 0 unspecified atom stereocenters. The zero-order chi connectivity index (χ0) is 26.6. The fourth-order valence-corrected chi connectivity index (χ4v) is 4.78. The molecule has 2 aromatic carbocycles. The highest BCUT2D eigenvalue weighted by Gasteiger charge is 2.12. The van der Waals surface area contributed by atoms with Gasteiger partial charge in [-0.05, 0) is 117 Å². The minimum atomic E-state index is 0.141. The molecule has 0 aromatic heterocycles. The van der Waals surface area contributed by atoms with Crippen LogP contribution in [0.4, 0.5) is 0 Å². The minimum absolute atomic E-state index is 0.141. The Hall–Kier alpha value is -3.11. The van der Waals surface area contributed by atoms with Gasteiger partial charge in [-0.2, -0.15) is 0 Å². The predicted octanol–water partition coefficient (Wildman–Crippen LogP) is 7.53. The van der Waals surface area contributed by atoms with Crippen molar-refractivity contribution in [2.24, 2.45) is 0 Å². The van der Waals surface area contributed by atoms with Crippen LogP contribution in [0.1, 0.15) is 70.4 Å². The van der Waals surface area contributed by atoms with Gasteiger partial charge in [0.1, 0.15) is 23.9 Å². The Bertz CT molecular complexity index is 1090. The molecule has 1 aliphatic heterocycles. The predicted molar refractivity (Wildman–Crippen MR) is 154 cm³/mol. The number of hydrogen-bond acceptors (Lipinski definition) is 4. The van der Waals surface area contributed by atoms with Gasteiger partial charge in [-0.3, -0.25) is 9.69 Å². The number of allylic oxidation sites excluding steroid dienone is 5. The summed E-state index contributed by atoms with van der Waals surface area (Å²) in [6.45, 7) is 14.1. The lowest BCUT2D eigenvalue weighted by atomic mass is 9.89. The van der Waals surface area contributed by atoms with Gasteiger partial charge in [0.15, 0.2) is 0 Å². The van der Waals surface area contributed by atoms with Crippen molar-refractivity contribution in [2.75, 3.05) is 26.2 Å². The second-order valence-electron chi connectivity index (χ2n) is 10.2. The highest BCUT2D eigenvalue weighted by molar-refractivity contribution is 5.78. The highest BCUT2D eigenvalue weighted by Crippen LogP contribution is 2.31. The van der Waals surface area contributed by atoms with Gasteiger partial charge in [0.25, 0.3) is 0 Å². The summed E-state index contributed by atoms with van der Waals surface area (Å²) in [5.41, 5.74) is 6.58. The summed E-state index contributed by atoms with van der Waals surface area (Å²) < 4.78 is 6.03. The van der Waals surface area contributed by atoms with E-state index in [9.17, 15) is 9.90 Å². The van der Waals surface area contributed by atoms with Crippen LogP contribution in [-0.4, -0.2) is 42.0 Å². The number of ketones is 1. The summed E-state index contributed by atoms with van der Waals surface area (Å²) in [4.78, 5) is 14.0. The molecule has 0 spiro atoms. The zero-order valence-corrected chi connectivity index (χ0v) is 22.9. The molecule has 37 heavy (non-hydrogen) atoms. The lowest BCUT2D eigenvalue weighted by molar-refractivity contribution is -0.116. The largest absolute Gasteiger partial charge is 0.508 e. The van der Waals surface area contributed by atoms with E-state index < -0.39 is 0 Å². The Morgan fingerprint density at radius 2 is 1.62 bits per heavy atom. The lowest BCUT2D eigenvalue weighted by Gasteiger charge is -2.19. The molecule has 1 heterocycles. The number of ether oxygens (including phenoxy) is 1. The maximum Gasteiger partial charge on any atom is 0.133 e. The molecular weight excluding hydrogens is 458 g/mol. The maximum absolute atomic E-state index is 11.4. The molecule has 198 valence electrons. The fourth-order valence-electron chi connectivity index (χ4n) is 4.78. The number of hydrogen-bond donors (Lipinski definition) is 1. The molecule has 3 rings (SSSR count). The number of aryl methyl sites for hydroxylation is 1. The Labute approximate surface area is 223 Å². The molecule has 0 bridgehead atoms. The first-order valence-electron chi connectivity index (χ1n) is 13.6. The van der Waals surface area contributed by atoms with Crippen LogP contribution in [0, 0.1) is 0 Å². The van der Waals surface area contributed by atoms with Crippen LogP contribution >= 0.6 is 0 Å². The standard InChI is InChI=1S/C33H43NO3/c1-25(9-10-26(2)35)27(3)28(4)33(30-14-16-31(36)17-15-30)20-13-29-11-18-32(19-12-29)37-24-23-34-21-7-5-6-8-22-34/h9,11-12,14-19,36H,3,5-8,10,13,20-24H2,1-2,4H3/b25-9-,33-28?. The van der Waals surface area contributed by atoms with Gasteiger partial charge >= 0.3 is 0 Å². The molecule has 0 amide bonds. The first kappa shape index (κ1) is 28.5. The van der Waals surface area contributed by atoms with Crippen molar-refractivity contribution in [1.29, 1.82) is 0 Å². The zero-order valence-electron chi connectivity index (χ0n) is 22.9. The Morgan fingerprint density at radius 1 is 0.973 bits per heavy atom. The van der Waals surface area contributed by atoms with E-state index in [1.165, 1.54) is 49.9 Å². The Kier molecular flexibility index (Phi) is 11.2. The quantitative estimate of drug-likeness (QED) is 0.305. The molecule has 0 saturated carbocycles. The van der Waals surface area contributed by atoms with E-state index in [4.69, 9.17) is 4.74 Å². The summed E-state index contributed by atoms with van der Waals surface area (Å²) in [6, 6.07) is 15.8. The SMILES string of the molecule is C=C(C(C)=C(CCc1ccc(OCCN2CCCCCC2)cc1)c1ccc(O)cc1)/C(C)=C\CC(C)=O. The van der Waals surface area contributed by atoms with Crippen LogP contribution in [0.2, 0.25) is 0 Å². The lowest BCUT2D eigenvalue weighted by Crippen LogP contribution is -2.29. The topological polar surface area (TPSA) is 49.8 Å². The normalized spacial score (nSPS) is 15.6. The minimum Gasteiger partial charge on any atom is -0.508 e. The van der Waals surface area contributed by atoms with Gasteiger partial charge in [0, 0.05) is 13.0 Å². The molecule has 4 nitrogen and oxygen atoms in total. The van der Waals surface area contributed by atoms with E-state index in [-0.39, 0.29) is 11.5 Å². The molecule has 4 heteroatoms. The molecule has 1 aliphatic rings. The number of likely N-dealkylation sites (tertiary alicyclic amines) is 1. The molecule has 1 fully saturated rings. The van der Waals surface area contributed by atoms with Crippen molar-refractivity contribution in [3.8, 4) is 11.5 Å². The number of benzene rings is 2. The van der Waals surface area contributed by atoms with Crippen LogP contribution in [0.25, 0.3) is 5.57 Å². The molecular formula is C33H43NO3. The number of Topliss-reactive ketones (excluding diaryl/α,β-unsaturated/α-hetero) is 1. The third kappa shape index (κ3) is 9.36. The Balaban J connectivity index is 1.65. The first-order valence-corrected chi connectivity index (χ1v) is 13.6. The van der Waals surface area contributed by atoms with E-state index in [2.05, 4.69) is 42.7 Å². The third-order valence-electron chi connectivity index (χ3n) is 7.25. The van der Waals surface area contributed by atoms with E-state index in [0.717, 1.165) is 54.0 Å². The van der Waals surface area contributed by atoms with Crippen LogP contribution in [0.5, 0.6) is 11.5 Å². The van der Waals surface area contributed by atoms with Crippen molar-refractivity contribution in [1.82, 2.24) is 4.90 Å². The summed E-state index contributed by atoms with van der Waals surface area (Å²) in [5, 5.41) is 9.79. The van der Waals surface area contributed by atoms with Crippen molar-refractivity contribution >= 4 is 11.4 Å². The van der Waals surface area contributed by atoms with Gasteiger partial charge in [-0.15, -0.1) is 0 Å². The van der Waals surface area contributed by atoms with Crippen LogP contribution < -0.4 is 4.74 Å². The molecule has 0 aliphatic carbocycles. The second-order valence-corrected chi connectivity index (χ2v) is 10.2. The second kappa shape index (κ2) is 14.6.